The summed E-state index contributed by atoms with van der Waals surface area (Å²) in [6, 6.07) is 5.40. The van der Waals surface area contributed by atoms with Crippen LogP contribution in [0.2, 0.25) is 10.0 Å². The fourth-order valence-electron chi connectivity index (χ4n) is 3.09. The molecule has 0 atom stereocenters. The number of aromatic amines is 1. The van der Waals surface area contributed by atoms with E-state index in [4.69, 9.17) is 23.2 Å². The zero-order valence-corrected chi connectivity index (χ0v) is 15.6. The van der Waals surface area contributed by atoms with Gasteiger partial charge in [0.1, 0.15) is 0 Å². The summed E-state index contributed by atoms with van der Waals surface area (Å²) in [6.45, 7) is 0. The molecule has 1 aromatic heterocycles. The Bertz CT molecular complexity index is 1140. The van der Waals surface area contributed by atoms with Crippen molar-refractivity contribution < 1.29 is 0 Å². The average molecular weight is 391 g/mol. The van der Waals surface area contributed by atoms with Gasteiger partial charge in [-0.3, -0.25) is 4.79 Å². The topological polar surface area (TPSA) is 61.9 Å². The molecular weight excluding hydrogens is 379 g/mol. The number of rotatable bonds is 2. The van der Waals surface area contributed by atoms with Gasteiger partial charge in [0.2, 0.25) is 0 Å². The Balaban J connectivity index is 2.25. The molecule has 4 rings (SSSR count). The third-order valence-electron chi connectivity index (χ3n) is 4.05. The summed E-state index contributed by atoms with van der Waals surface area (Å²) >= 11 is 14.3. The van der Waals surface area contributed by atoms with E-state index in [1.807, 2.05) is 25.1 Å². The summed E-state index contributed by atoms with van der Waals surface area (Å²) in [5.41, 5.74) is 3.62. The van der Waals surface area contributed by atoms with Crippen LogP contribution in [0.5, 0.6) is 0 Å². The molecule has 2 aromatic rings. The Morgan fingerprint density at radius 3 is 2.64 bits per heavy atom. The molecule has 2 heterocycles. The molecule has 126 valence electrons. The summed E-state index contributed by atoms with van der Waals surface area (Å²) in [4.78, 5) is 22.2. The van der Waals surface area contributed by atoms with Gasteiger partial charge in [-0.15, -0.1) is 0 Å². The summed E-state index contributed by atoms with van der Waals surface area (Å²) in [5.74, 6) is 0. The summed E-state index contributed by atoms with van der Waals surface area (Å²) in [7, 11) is 3.80. The highest BCUT2D eigenvalue weighted by atomic mass is 35.5. The van der Waals surface area contributed by atoms with Gasteiger partial charge in [-0.2, -0.15) is 0 Å². The van der Waals surface area contributed by atoms with Crippen LogP contribution in [0, 0.1) is 0 Å². The first-order valence-corrected chi connectivity index (χ1v) is 8.93. The molecule has 0 radical (unpaired) electrons. The van der Waals surface area contributed by atoms with Crippen LogP contribution in [0.3, 0.4) is 0 Å². The monoisotopic (exact) mass is 390 g/mol. The second-order valence-electron chi connectivity index (χ2n) is 5.73. The number of halogens is 2. The predicted octanol–water partition coefficient (Wildman–Crippen LogP) is 4.52. The van der Waals surface area contributed by atoms with Crippen LogP contribution in [0.15, 0.2) is 35.5 Å². The zero-order valence-electron chi connectivity index (χ0n) is 13.3. The molecule has 5 nitrogen and oxygen atoms in total. The molecule has 0 spiro atoms. The Kier molecular flexibility index (Phi) is 3.91. The summed E-state index contributed by atoms with van der Waals surface area (Å²) in [6.07, 6.45) is 3.11. The van der Waals surface area contributed by atoms with Crippen LogP contribution in [0.25, 0.3) is 32.5 Å². The highest BCUT2D eigenvalue weighted by Crippen LogP contribution is 2.50. The Labute approximate surface area is 157 Å². The number of nitrogens with zero attached hydrogens (tertiary/aromatic N) is 3. The Morgan fingerprint density at radius 2 is 1.88 bits per heavy atom. The fourth-order valence-corrected chi connectivity index (χ4v) is 4.44. The summed E-state index contributed by atoms with van der Waals surface area (Å²) in [5, 5.41) is 1.65. The molecule has 8 heteroatoms. The van der Waals surface area contributed by atoms with E-state index in [1.165, 1.54) is 17.9 Å². The van der Waals surface area contributed by atoms with Crippen LogP contribution in [-0.2, 0) is 0 Å². The van der Waals surface area contributed by atoms with Gasteiger partial charge in [-0.05, 0) is 29.7 Å². The lowest BCUT2D eigenvalue weighted by Gasteiger charge is -2.21. The van der Waals surface area contributed by atoms with Crippen LogP contribution < -0.4 is 10.5 Å². The van der Waals surface area contributed by atoms with Crippen molar-refractivity contribution in [1.29, 1.82) is 0 Å². The SMILES string of the molecule is CN(C)c1c(Cl)ccc(Cl)c1-c1c2ccnsc-2c2c(=O)[nH]cnc12. The number of aromatic nitrogens is 3. The quantitative estimate of drug-likeness (QED) is 0.546. The normalized spacial score (nSPS) is 11.4. The van der Waals surface area contributed by atoms with Crippen molar-refractivity contribution >= 4 is 51.3 Å². The van der Waals surface area contributed by atoms with Gasteiger partial charge in [-0.25, -0.2) is 9.36 Å². The van der Waals surface area contributed by atoms with Gasteiger partial charge in [0.05, 0.1) is 37.8 Å². The minimum Gasteiger partial charge on any atom is -0.376 e. The molecule has 0 amide bonds. The van der Waals surface area contributed by atoms with Gasteiger partial charge in [0, 0.05) is 37.0 Å². The van der Waals surface area contributed by atoms with Crippen molar-refractivity contribution in [3.8, 4) is 21.6 Å². The molecular formula is C17H12Cl2N4OS. The second kappa shape index (κ2) is 5.98. The maximum atomic E-state index is 12.4. The molecule has 1 N–H and O–H groups in total. The van der Waals surface area contributed by atoms with Crippen molar-refractivity contribution in [2.75, 3.05) is 19.0 Å². The largest absolute Gasteiger partial charge is 0.376 e. The molecule has 2 aliphatic rings. The lowest BCUT2D eigenvalue weighted by molar-refractivity contribution is 1.13. The zero-order chi connectivity index (χ0) is 17.7. The highest BCUT2D eigenvalue weighted by Gasteiger charge is 2.27. The van der Waals surface area contributed by atoms with E-state index in [1.54, 1.807) is 18.3 Å². The number of hydrogen-bond donors (Lipinski definition) is 1. The molecule has 1 aliphatic heterocycles. The van der Waals surface area contributed by atoms with E-state index in [0.29, 0.717) is 20.9 Å². The van der Waals surface area contributed by atoms with Gasteiger partial charge in [0.15, 0.2) is 0 Å². The van der Waals surface area contributed by atoms with E-state index in [0.717, 1.165) is 27.3 Å². The van der Waals surface area contributed by atoms with Crippen LogP contribution in [-0.4, -0.2) is 28.4 Å². The second-order valence-corrected chi connectivity index (χ2v) is 7.35. The maximum absolute atomic E-state index is 12.4. The van der Waals surface area contributed by atoms with E-state index in [2.05, 4.69) is 14.3 Å². The van der Waals surface area contributed by atoms with Crippen molar-refractivity contribution in [3.63, 3.8) is 0 Å². The number of fused-ring (bicyclic) bond motifs is 3. The fraction of sp³-hybridized carbons (Fsp3) is 0.118. The molecule has 1 aliphatic carbocycles. The molecule has 0 saturated carbocycles. The van der Waals surface area contributed by atoms with E-state index >= 15 is 0 Å². The Hall–Kier alpha value is -2.15. The number of anilines is 1. The molecule has 0 saturated heterocycles. The van der Waals surface area contributed by atoms with E-state index in [9.17, 15) is 4.79 Å². The molecule has 25 heavy (non-hydrogen) atoms. The average Bonchev–Trinajstić information content (AvgIpc) is 2.92. The van der Waals surface area contributed by atoms with Crippen molar-refractivity contribution in [2.24, 2.45) is 0 Å². The number of benzene rings is 1. The smallest absolute Gasteiger partial charge is 0.260 e. The van der Waals surface area contributed by atoms with Gasteiger partial charge < -0.3 is 9.88 Å². The third-order valence-corrected chi connectivity index (χ3v) is 5.51. The van der Waals surface area contributed by atoms with E-state index in [-0.39, 0.29) is 5.56 Å². The van der Waals surface area contributed by atoms with Crippen LogP contribution in [0.1, 0.15) is 0 Å². The first-order chi connectivity index (χ1) is 12.0. The predicted molar refractivity (Wildman–Crippen MR) is 104 cm³/mol. The number of hydrogen-bond acceptors (Lipinski definition) is 5. The Morgan fingerprint density at radius 1 is 1.12 bits per heavy atom. The number of nitrogens with one attached hydrogen (secondary N) is 1. The number of H-pyrrole nitrogens is 1. The highest BCUT2D eigenvalue weighted by molar-refractivity contribution is 7.10. The lowest BCUT2D eigenvalue weighted by atomic mass is 10.0. The minimum atomic E-state index is -0.199. The standard InChI is InChI=1S/C17H12Cl2N4OS/c1-23(2)15-10(19)4-3-9(18)12(15)11-8-5-6-22-25-16(8)13-14(11)20-7-21-17(13)24/h3-7H,1-2H3,(H,20,21,24). The summed E-state index contributed by atoms with van der Waals surface area (Å²) < 4.78 is 4.20. The molecule has 0 bridgehead atoms. The van der Waals surface area contributed by atoms with Crippen LogP contribution >= 0.6 is 34.7 Å². The molecule has 0 fully saturated rings. The van der Waals surface area contributed by atoms with Gasteiger partial charge in [0.25, 0.3) is 5.56 Å². The third kappa shape index (κ3) is 2.40. The van der Waals surface area contributed by atoms with Crippen molar-refractivity contribution in [1.82, 2.24) is 14.3 Å². The van der Waals surface area contributed by atoms with Gasteiger partial charge >= 0.3 is 0 Å². The van der Waals surface area contributed by atoms with Gasteiger partial charge in [-0.1, -0.05) is 23.2 Å². The van der Waals surface area contributed by atoms with E-state index < -0.39 is 0 Å². The first kappa shape index (κ1) is 16.3. The van der Waals surface area contributed by atoms with Crippen molar-refractivity contribution in [2.45, 2.75) is 0 Å². The molecule has 1 aromatic carbocycles. The maximum Gasteiger partial charge on any atom is 0.260 e. The molecule has 0 unspecified atom stereocenters. The van der Waals surface area contributed by atoms with Crippen LogP contribution in [0.4, 0.5) is 5.69 Å². The first-order valence-electron chi connectivity index (χ1n) is 7.40. The minimum absolute atomic E-state index is 0.199. The van der Waals surface area contributed by atoms with Crippen molar-refractivity contribution in [3.05, 3.63) is 51.1 Å². The lowest BCUT2D eigenvalue weighted by Crippen LogP contribution is -2.11.